The van der Waals surface area contributed by atoms with Gasteiger partial charge in [0.25, 0.3) is 5.91 Å². The fourth-order valence-electron chi connectivity index (χ4n) is 4.08. The number of nitrogens with zero attached hydrogens (tertiary/aromatic N) is 2. The Morgan fingerprint density at radius 3 is 2.78 bits per heavy atom. The summed E-state index contributed by atoms with van der Waals surface area (Å²) in [7, 11) is 3.83. The van der Waals surface area contributed by atoms with Crippen LogP contribution < -0.4 is 10.1 Å². The van der Waals surface area contributed by atoms with Gasteiger partial charge in [-0.3, -0.25) is 9.89 Å². The maximum atomic E-state index is 12.6. The summed E-state index contributed by atoms with van der Waals surface area (Å²) < 4.78 is 5.20. The van der Waals surface area contributed by atoms with Crippen LogP contribution in [0.5, 0.6) is 5.75 Å². The zero-order chi connectivity index (χ0) is 16.0. The van der Waals surface area contributed by atoms with Gasteiger partial charge in [-0.2, -0.15) is 5.10 Å². The number of H-pyrrole nitrogens is 1. The molecule has 0 aliphatic carbocycles. The molecule has 3 heterocycles. The number of aromatic amines is 1. The van der Waals surface area contributed by atoms with Gasteiger partial charge in [0.15, 0.2) is 5.69 Å². The molecule has 2 saturated heterocycles. The Bertz CT molecular complexity index is 727. The Hall–Kier alpha value is -2.08. The smallest absolute Gasteiger partial charge is 0.272 e. The van der Waals surface area contributed by atoms with E-state index in [0.29, 0.717) is 17.8 Å². The lowest BCUT2D eigenvalue weighted by Gasteiger charge is -2.36. The van der Waals surface area contributed by atoms with Crippen molar-refractivity contribution >= 4 is 16.8 Å². The van der Waals surface area contributed by atoms with Gasteiger partial charge >= 0.3 is 0 Å². The van der Waals surface area contributed by atoms with Crippen LogP contribution in [0.4, 0.5) is 0 Å². The summed E-state index contributed by atoms with van der Waals surface area (Å²) in [6.07, 6.45) is 4.57. The lowest BCUT2D eigenvalue weighted by Crippen LogP contribution is -2.48. The highest BCUT2D eigenvalue weighted by Gasteiger charge is 2.39. The first kappa shape index (κ1) is 14.5. The van der Waals surface area contributed by atoms with Crippen LogP contribution in [0.3, 0.4) is 0 Å². The number of benzene rings is 1. The number of amides is 1. The van der Waals surface area contributed by atoms with Gasteiger partial charge in [-0.25, -0.2) is 0 Å². The van der Waals surface area contributed by atoms with Crippen LogP contribution in [-0.2, 0) is 0 Å². The van der Waals surface area contributed by atoms with E-state index in [1.807, 2.05) is 18.2 Å². The van der Waals surface area contributed by atoms with Crippen LogP contribution in [-0.4, -0.2) is 53.3 Å². The number of nitrogens with one attached hydrogen (secondary N) is 2. The number of rotatable bonds is 3. The summed E-state index contributed by atoms with van der Waals surface area (Å²) in [6, 6.07) is 7.06. The molecule has 2 atom stereocenters. The second kappa shape index (κ2) is 5.53. The maximum Gasteiger partial charge on any atom is 0.272 e. The number of carbonyl (C=O) groups is 1. The predicted molar refractivity (Wildman–Crippen MR) is 87.7 cm³/mol. The molecular formula is C17H22N4O2. The molecule has 0 radical (unpaired) electrons. The van der Waals surface area contributed by atoms with Gasteiger partial charge in [-0.05, 0) is 44.9 Å². The van der Waals surface area contributed by atoms with E-state index in [9.17, 15) is 4.79 Å². The van der Waals surface area contributed by atoms with E-state index in [1.54, 1.807) is 7.11 Å². The highest BCUT2D eigenvalue weighted by atomic mass is 16.5. The summed E-state index contributed by atoms with van der Waals surface area (Å²) in [5, 5.41) is 11.1. The number of hydrogen-bond acceptors (Lipinski definition) is 4. The minimum atomic E-state index is -0.0876. The molecule has 2 aliphatic rings. The fraction of sp³-hybridized carbons (Fsp3) is 0.529. The average Bonchev–Trinajstić information content (AvgIpc) is 3.04. The molecule has 6 nitrogen and oxygen atoms in total. The van der Waals surface area contributed by atoms with Crippen molar-refractivity contribution in [1.82, 2.24) is 20.4 Å². The van der Waals surface area contributed by atoms with Crippen molar-refractivity contribution in [3.63, 3.8) is 0 Å². The molecule has 4 rings (SSSR count). The minimum absolute atomic E-state index is 0.0876. The van der Waals surface area contributed by atoms with Crippen LogP contribution in [0.1, 0.15) is 36.2 Å². The second-order valence-electron chi connectivity index (χ2n) is 6.68. The Morgan fingerprint density at radius 1 is 1.35 bits per heavy atom. The van der Waals surface area contributed by atoms with E-state index < -0.39 is 0 Å². The lowest BCUT2D eigenvalue weighted by molar-refractivity contribution is 0.0879. The van der Waals surface area contributed by atoms with Crippen molar-refractivity contribution < 1.29 is 9.53 Å². The molecule has 1 aromatic carbocycles. The monoisotopic (exact) mass is 314 g/mol. The Kier molecular flexibility index (Phi) is 3.49. The van der Waals surface area contributed by atoms with E-state index in [0.717, 1.165) is 29.5 Å². The first-order chi connectivity index (χ1) is 11.2. The van der Waals surface area contributed by atoms with Gasteiger partial charge in [-0.1, -0.05) is 0 Å². The number of carbonyl (C=O) groups excluding carboxylic acids is 1. The molecule has 122 valence electrons. The normalized spacial score (nSPS) is 27.3. The molecule has 6 heteroatoms. The molecule has 23 heavy (non-hydrogen) atoms. The topological polar surface area (TPSA) is 70.2 Å². The minimum Gasteiger partial charge on any atom is -0.497 e. The molecule has 2 aliphatic heterocycles. The third kappa shape index (κ3) is 2.47. The van der Waals surface area contributed by atoms with Crippen molar-refractivity contribution in [2.75, 3.05) is 14.2 Å². The summed E-state index contributed by atoms with van der Waals surface area (Å²) >= 11 is 0. The summed E-state index contributed by atoms with van der Waals surface area (Å²) in [6.45, 7) is 0. The number of methoxy groups -OCH3 is 1. The quantitative estimate of drug-likeness (QED) is 0.908. The van der Waals surface area contributed by atoms with Crippen LogP contribution in [0.2, 0.25) is 0 Å². The molecule has 2 fully saturated rings. The Balaban J connectivity index is 1.51. The van der Waals surface area contributed by atoms with Crippen LogP contribution in [0, 0.1) is 0 Å². The second-order valence-corrected chi connectivity index (χ2v) is 6.68. The number of ether oxygens (including phenoxy) is 1. The Morgan fingerprint density at radius 2 is 2.09 bits per heavy atom. The largest absolute Gasteiger partial charge is 0.497 e. The molecule has 0 saturated carbocycles. The van der Waals surface area contributed by atoms with Gasteiger partial charge in [-0.15, -0.1) is 0 Å². The maximum absolute atomic E-state index is 12.6. The molecule has 2 bridgehead atoms. The molecule has 2 aromatic rings. The van der Waals surface area contributed by atoms with Crippen LogP contribution in [0.15, 0.2) is 18.2 Å². The standard InChI is InChI=1S/C17H22N4O2/c1-21-11-3-4-12(21)8-10(7-11)18-17(22)16-14-6-5-13(23-2)9-15(14)19-20-16/h5-6,9-12H,3-4,7-8H2,1-2H3,(H,18,22)(H,19,20). The molecule has 1 amide bonds. The van der Waals surface area contributed by atoms with Gasteiger partial charge < -0.3 is 15.0 Å². The van der Waals surface area contributed by atoms with Crippen molar-refractivity contribution in [1.29, 1.82) is 0 Å². The lowest BCUT2D eigenvalue weighted by atomic mass is 9.98. The summed E-state index contributed by atoms with van der Waals surface area (Å²) in [5.41, 5.74) is 1.28. The molecule has 0 spiro atoms. The zero-order valence-electron chi connectivity index (χ0n) is 13.5. The number of piperidine rings is 1. The highest BCUT2D eigenvalue weighted by molar-refractivity contribution is 6.05. The third-order valence-electron chi connectivity index (χ3n) is 5.42. The SMILES string of the molecule is COc1ccc2c(C(=O)NC3CC4CCC(C3)N4C)n[nH]c2c1. The summed E-state index contributed by atoms with van der Waals surface area (Å²) in [5.74, 6) is 0.662. The van der Waals surface area contributed by atoms with Gasteiger partial charge in [0.2, 0.25) is 0 Å². The fourth-order valence-corrected chi connectivity index (χ4v) is 4.08. The van der Waals surface area contributed by atoms with Gasteiger partial charge in [0.1, 0.15) is 5.75 Å². The molecular weight excluding hydrogens is 292 g/mol. The Labute approximate surface area is 135 Å². The first-order valence-corrected chi connectivity index (χ1v) is 8.20. The highest BCUT2D eigenvalue weighted by Crippen LogP contribution is 2.34. The average molecular weight is 314 g/mol. The van der Waals surface area contributed by atoms with E-state index >= 15 is 0 Å². The van der Waals surface area contributed by atoms with Crippen LogP contribution >= 0.6 is 0 Å². The molecule has 2 unspecified atom stereocenters. The van der Waals surface area contributed by atoms with Crippen molar-refractivity contribution in [2.45, 2.75) is 43.8 Å². The van der Waals surface area contributed by atoms with E-state index in [1.165, 1.54) is 12.8 Å². The van der Waals surface area contributed by atoms with Gasteiger partial charge in [0, 0.05) is 29.6 Å². The molecule has 1 aromatic heterocycles. The zero-order valence-corrected chi connectivity index (χ0v) is 13.5. The van der Waals surface area contributed by atoms with E-state index in [2.05, 4.69) is 27.5 Å². The predicted octanol–water partition coefficient (Wildman–Crippen LogP) is 1.93. The van der Waals surface area contributed by atoms with Gasteiger partial charge in [0.05, 0.1) is 12.6 Å². The summed E-state index contributed by atoms with van der Waals surface area (Å²) in [4.78, 5) is 15.1. The molecule has 2 N–H and O–H groups in total. The number of hydrogen-bond donors (Lipinski definition) is 2. The van der Waals surface area contributed by atoms with Crippen LogP contribution in [0.25, 0.3) is 10.9 Å². The van der Waals surface area contributed by atoms with Crippen molar-refractivity contribution in [2.24, 2.45) is 0 Å². The van der Waals surface area contributed by atoms with Crippen molar-refractivity contribution in [3.8, 4) is 5.75 Å². The number of fused-ring (bicyclic) bond motifs is 3. The third-order valence-corrected chi connectivity index (χ3v) is 5.42. The van der Waals surface area contributed by atoms with Crippen molar-refractivity contribution in [3.05, 3.63) is 23.9 Å². The first-order valence-electron chi connectivity index (χ1n) is 8.20. The van der Waals surface area contributed by atoms with E-state index in [4.69, 9.17) is 4.74 Å². The number of aromatic nitrogens is 2. The van der Waals surface area contributed by atoms with E-state index in [-0.39, 0.29) is 11.9 Å².